The zero-order valence-electron chi connectivity index (χ0n) is 18.2. The number of benzene rings is 1. The highest BCUT2D eigenvalue weighted by Crippen LogP contribution is 2.55. The number of aliphatic hydroxyl groups is 1. The number of halogens is 7. The van der Waals surface area contributed by atoms with Gasteiger partial charge in [-0.1, -0.05) is 18.2 Å². The van der Waals surface area contributed by atoms with Crippen LogP contribution in [-0.2, 0) is 21.6 Å². The van der Waals surface area contributed by atoms with Crippen LogP contribution in [0.4, 0.5) is 30.7 Å². The molecule has 1 aliphatic heterocycles. The zero-order valence-corrected chi connectivity index (χ0v) is 18.2. The van der Waals surface area contributed by atoms with Crippen molar-refractivity contribution in [1.29, 1.82) is 0 Å². The first-order chi connectivity index (χ1) is 15.8. The summed E-state index contributed by atoms with van der Waals surface area (Å²) in [6.45, 7) is 0.903. The molecule has 0 aromatic heterocycles. The Hall–Kier alpha value is -1.88. The van der Waals surface area contributed by atoms with E-state index >= 15 is 0 Å². The molecular weight excluding hydrogens is 471 g/mol. The minimum absolute atomic E-state index is 0.0937. The summed E-state index contributed by atoms with van der Waals surface area (Å²) >= 11 is 0. The summed E-state index contributed by atoms with van der Waals surface area (Å²) in [5.41, 5.74) is -7.12. The number of fused-ring (bicyclic) bond motifs is 3. The highest BCUT2D eigenvalue weighted by atomic mass is 19.4. The molecule has 34 heavy (non-hydrogen) atoms. The maximum absolute atomic E-state index is 14.5. The lowest BCUT2D eigenvalue weighted by Gasteiger charge is -2.35. The van der Waals surface area contributed by atoms with Gasteiger partial charge in [0.2, 0.25) is 5.91 Å². The van der Waals surface area contributed by atoms with Gasteiger partial charge in [-0.15, -0.1) is 0 Å². The highest BCUT2D eigenvalue weighted by molar-refractivity contribution is 5.79. The van der Waals surface area contributed by atoms with Crippen molar-refractivity contribution in [3.63, 3.8) is 0 Å². The number of aryl methyl sites for hydroxylation is 1. The van der Waals surface area contributed by atoms with Gasteiger partial charge in [0.15, 0.2) is 0 Å². The smallest absolute Gasteiger partial charge is 0.388 e. The third kappa shape index (κ3) is 4.29. The van der Waals surface area contributed by atoms with E-state index in [0.29, 0.717) is 63.0 Å². The number of ether oxygens (including phenoxy) is 1. The second-order valence-electron chi connectivity index (χ2n) is 9.61. The molecule has 3 aliphatic rings. The SMILES string of the molecule is O=C(NCC1(O)CCOCC1)[C@@H]1CCC2c3ccc(C(F)(C(F)(F)F)C(F)(F)F)cc3CCC21. The number of hydrogen-bond donors (Lipinski definition) is 2. The first-order valence-corrected chi connectivity index (χ1v) is 11.3. The van der Waals surface area contributed by atoms with Gasteiger partial charge in [0, 0.05) is 44.1 Å². The lowest BCUT2D eigenvalue weighted by molar-refractivity contribution is -0.348. The van der Waals surface area contributed by atoms with Crippen LogP contribution in [-0.4, -0.2) is 48.7 Å². The van der Waals surface area contributed by atoms with Crippen molar-refractivity contribution in [3.05, 3.63) is 34.9 Å². The molecule has 1 aromatic carbocycles. The first-order valence-electron chi connectivity index (χ1n) is 11.3. The normalized spacial score (nSPS) is 27.1. The molecule has 1 aromatic rings. The maximum Gasteiger partial charge on any atom is 0.435 e. The van der Waals surface area contributed by atoms with E-state index in [1.165, 1.54) is 0 Å². The van der Waals surface area contributed by atoms with Crippen LogP contribution < -0.4 is 5.32 Å². The van der Waals surface area contributed by atoms with Gasteiger partial charge in [-0.25, -0.2) is 4.39 Å². The minimum atomic E-state index is -6.15. The summed E-state index contributed by atoms with van der Waals surface area (Å²) in [6.07, 6.45) is -9.87. The Labute approximate surface area is 191 Å². The average Bonchev–Trinajstić information content (AvgIpc) is 3.20. The van der Waals surface area contributed by atoms with Crippen molar-refractivity contribution in [3.8, 4) is 0 Å². The van der Waals surface area contributed by atoms with E-state index in [1.54, 1.807) is 0 Å². The molecule has 0 radical (unpaired) electrons. The van der Waals surface area contributed by atoms with Crippen LogP contribution in [0.2, 0.25) is 0 Å². The molecule has 0 bridgehead atoms. The lowest BCUT2D eigenvalue weighted by Crippen LogP contribution is -2.50. The van der Waals surface area contributed by atoms with Gasteiger partial charge in [-0.2, -0.15) is 26.3 Å². The third-order valence-corrected chi connectivity index (χ3v) is 7.64. The van der Waals surface area contributed by atoms with Gasteiger partial charge >= 0.3 is 18.0 Å². The van der Waals surface area contributed by atoms with Crippen LogP contribution in [0.25, 0.3) is 0 Å². The molecule has 2 aliphatic carbocycles. The van der Waals surface area contributed by atoms with Crippen LogP contribution >= 0.6 is 0 Å². The van der Waals surface area contributed by atoms with Crippen LogP contribution in [0.15, 0.2) is 18.2 Å². The summed E-state index contributed by atoms with van der Waals surface area (Å²) in [5, 5.41) is 13.4. The van der Waals surface area contributed by atoms with Crippen molar-refractivity contribution >= 4 is 5.91 Å². The Bertz CT molecular complexity index is 910. The number of carbonyl (C=O) groups excluding carboxylic acids is 1. The standard InChI is InChI=1S/C23H26F7NO3/c24-21(22(25,26)27,23(28,29)30)14-2-4-15-13(11-14)1-3-17-16(15)5-6-18(17)19(32)31-12-20(33)7-9-34-10-8-20/h2,4,11,16-18,33H,1,3,5-10,12H2,(H,31,32)/t16?,17?,18-/m1/s1. The minimum Gasteiger partial charge on any atom is -0.388 e. The predicted molar refractivity (Wildman–Crippen MR) is 107 cm³/mol. The van der Waals surface area contributed by atoms with Gasteiger partial charge in [-0.05, 0) is 48.6 Å². The molecule has 11 heteroatoms. The number of rotatable bonds is 4. The second-order valence-corrected chi connectivity index (χ2v) is 9.61. The van der Waals surface area contributed by atoms with Gasteiger partial charge in [0.05, 0.1) is 5.60 Å². The zero-order chi connectivity index (χ0) is 24.9. The molecular formula is C23H26F7NO3. The monoisotopic (exact) mass is 497 g/mol. The molecule has 2 unspecified atom stereocenters. The van der Waals surface area contributed by atoms with E-state index in [1.807, 2.05) is 0 Å². The van der Waals surface area contributed by atoms with E-state index in [4.69, 9.17) is 4.74 Å². The van der Waals surface area contributed by atoms with Crippen molar-refractivity contribution in [2.24, 2.45) is 11.8 Å². The molecule has 1 saturated heterocycles. The fourth-order valence-electron chi connectivity index (χ4n) is 5.70. The van der Waals surface area contributed by atoms with Crippen LogP contribution in [0, 0.1) is 11.8 Å². The van der Waals surface area contributed by atoms with E-state index in [2.05, 4.69) is 5.32 Å². The Morgan fingerprint density at radius 1 is 1.03 bits per heavy atom. The van der Waals surface area contributed by atoms with E-state index in [9.17, 15) is 40.6 Å². The highest BCUT2D eigenvalue weighted by Gasteiger charge is 2.73. The summed E-state index contributed by atoms with van der Waals surface area (Å²) in [4.78, 5) is 12.9. The summed E-state index contributed by atoms with van der Waals surface area (Å²) in [6, 6.07) is 2.40. The molecule has 4 nitrogen and oxygen atoms in total. The summed E-state index contributed by atoms with van der Waals surface area (Å²) < 4.78 is 98.6. The van der Waals surface area contributed by atoms with Crippen molar-refractivity contribution in [1.82, 2.24) is 5.32 Å². The number of hydrogen-bond acceptors (Lipinski definition) is 3. The fourth-order valence-corrected chi connectivity index (χ4v) is 5.70. The molecule has 4 rings (SSSR count). The number of alkyl halides is 7. The summed E-state index contributed by atoms with van der Waals surface area (Å²) in [7, 11) is 0. The third-order valence-electron chi connectivity index (χ3n) is 7.64. The topological polar surface area (TPSA) is 58.6 Å². The van der Waals surface area contributed by atoms with Gasteiger partial charge in [-0.3, -0.25) is 4.79 Å². The first kappa shape index (κ1) is 25.2. The number of carbonyl (C=O) groups is 1. The van der Waals surface area contributed by atoms with Crippen LogP contribution in [0.1, 0.15) is 54.7 Å². The molecule has 3 atom stereocenters. The maximum atomic E-state index is 14.5. The average molecular weight is 497 g/mol. The van der Waals surface area contributed by atoms with Crippen LogP contribution in [0.3, 0.4) is 0 Å². The molecule has 2 N–H and O–H groups in total. The Kier molecular flexibility index (Phi) is 6.42. The van der Waals surface area contributed by atoms with E-state index < -0.39 is 29.2 Å². The van der Waals surface area contributed by atoms with E-state index in [-0.39, 0.29) is 42.2 Å². The second kappa shape index (κ2) is 8.65. The van der Waals surface area contributed by atoms with Gasteiger partial charge in [0.25, 0.3) is 0 Å². The van der Waals surface area contributed by atoms with Crippen molar-refractivity contribution < 1.29 is 45.4 Å². The molecule has 2 fully saturated rings. The Balaban J connectivity index is 1.50. The lowest BCUT2D eigenvalue weighted by atomic mass is 9.73. The Morgan fingerprint density at radius 3 is 2.29 bits per heavy atom. The van der Waals surface area contributed by atoms with Crippen LogP contribution in [0.5, 0.6) is 0 Å². The van der Waals surface area contributed by atoms with E-state index in [0.717, 1.165) is 6.07 Å². The predicted octanol–water partition coefficient (Wildman–Crippen LogP) is 4.69. The summed E-state index contributed by atoms with van der Waals surface area (Å²) in [5.74, 6) is -0.912. The largest absolute Gasteiger partial charge is 0.435 e. The molecule has 1 amide bonds. The quantitative estimate of drug-likeness (QED) is 0.594. The van der Waals surface area contributed by atoms with Gasteiger partial charge in [0.1, 0.15) is 0 Å². The number of amides is 1. The van der Waals surface area contributed by atoms with Crippen molar-refractivity contribution in [2.75, 3.05) is 19.8 Å². The van der Waals surface area contributed by atoms with Crippen molar-refractivity contribution in [2.45, 2.75) is 68.1 Å². The molecule has 0 spiro atoms. The molecule has 190 valence electrons. The molecule has 1 saturated carbocycles. The molecule has 1 heterocycles. The Morgan fingerprint density at radius 2 is 1.68 bits per heavy atom. The fraction of sp³-hybridized carbons (Fsp3) is 0.696. The van der Waals surface area contributed by atoms with Gasteiger partial charge < -0.3 is 15.2 Å². The number of nitrogens with one attached hydrogen (secondary N) is 1.